The SMILES string of the molecule is CN(C)CC(C)(C)CNc1cc(C#N)cc(Cl)n1. The lowest BCUT2D eigenvalue weighted by atomic mass is 9.93. The number of nitriles is 1. The predicted molar refractivity (Wildman–Crippen MR) is 74.8 cm³/mol. The molecule has 4 nitrogen and oxygen atoms in total. The zero-order valence-corrected chi connectivity index (χ0v) is 12.0. The Morgan fingerprint density at radius 1 is 1.44 bits per heavy atom. The van der Waals surface area contributed by atoms with Gasteiger partial charge in [0.1, 0.15) is 11.0 Å². The number of rotatable bonds is 5. The summed E-state index contributed by atoms with van der Waals surface area (Å²) in [6.45, 7) is 6.08. The first kappa shape index (κ1) is 14.7. The number of anilines is 1. The van der Waals surface area contributed by atoms with Gasteiger partial charge in [0.25, 0.3) is 0 Å². The lowest BCUT2D eigenvalue weighted by Gasteiger charge is -2.28. The molecule has 1 aromatic heterocycles. The first-order chi connectivity index (χ1) is 8.32. The van der Waals surface area contributed by atoms with Crippen LogP contribution in [-0.2, 0) is 0 Å². The van der Waals surface area contributed by atoms with Crippen LogP contribution in [0.1, 0.15) is 19.4 Å². The van der Waals surface area contributed by atoms with Crippen LogP contribution in [0.5, 0.6) is 0 Å². The maximum atomic E-state index is 8.86. The minimum Gasteiger partial charge on any atom is -0.369 e. The number of hydrogen-bond acceptors (Lipinski definition) is 4. The van der Waals surface area contributed by atoms with Crippen LogP contribution in [0.4, 0.5) is 5.82 Å². The molecule has 0 aromatic carbocycles. The van der Waals surface area contributed by atoms with Crippen molar-refractivity contribution in [3.63, 3.8) is 0 Å². The first-order valence-corrected chi connectivity index (χ1v) is 6.16. The van der Waals surface area contributed by atoms with Crippen molar-refractivity contribution < 1.29 is 0 Å². The molecule has 98 valence electrons. The summed E-state index contributed by atoms with van der Waals surface area (Å²) in [5.41, 5.74) is 0.628. The highest BCUT2D eigenvalue weighted by molar-refractivity contribution is 6.29. The van der Waals surface area contributed by atoms with Crippen molar-refractivity contribution in [3.8, 4) is 6.07 Å². The maximum Gasteiger partial charge on any atom is 0.132 e. The van der Waals surface area contributed by atoms with Crippen LogP contribution >= 0.6 is 11.6 Å². The largest absolute Gasteiger partial charge is 0.369 e. The Morgan fingerprint density at radius 3 is 2.67 bits per heavy atom. The third-order valence-electron chi connectivity index (χ3n) is 2.42. The highest BCUT2D eigenvalue weighted by atomic mass is 35.5. The second-order valence-electron chi connectivity index (χ2n) is 5.43. The number of halogens is 1. The van der Waals surface area contributed by atoms with Gasteiger partial charge in [0.2, 0.25) is 0 Å². The van der Waals surface area contributed by atoms with Gasteiger partial charge in [0.15, 0.2) is 0 Å². The van der Waals surface area contributed by atoms with E-state index in [1.165, 1.54) is 0 Å². The van der Waals surface area contributed by atoms with Crippen LogP contribution in [0.25, 0.3) is 0 Å². The third-order valence-corrected chi connectivity index (χ3v) is 2.61. The molecule has 0 saturated carbocycles. The molecule has 1 N–H and O–H groups in total. The molecule has 1 rings (SSSR count). The van der Waals surface area contributed by atoms with Crippen molar-refractivity contribution in [2.75, 3.05) is 32.5 Å². The molecule has 0 aliphatic rings. The summed E-state index contributed by atoms with van der Waals surface area (Å²) in [5.74, 6) is 0.644. The van der Waals surface area contributed by atoms with Gasteiger partial charge in [-0.3, -0.25) is 0 Å². The predicted octanol–water partition coefficient (Wildman–Crippen LogP) is 2.61. The van der Waals surface area contributed by atoms with Crippen molar-refractivity contribution in [1.82, 2.24) is 9.88 Å². The van der Waals surface area contributed by atoms with Gasteiger partial charge in [-0.15, -0.1) is 0 Å². The Morgan fingerprint density at radius 2 is 2.11 bits per heavy atom. The normalized spacial score (nSPS) is 11.4. The zero-order chi connectivity index (χ0) is 13.8. The Bertz CT molecular complexity index is 449. The molecule has 0 atom stereocenters. The lowest BCUT2D eigenvalue weighted by Crippen LogP contribution is -2.34. The summed E-state index contributed by atoms with van der Waals surface area (Å²) in [5, 5.41) is 12.4. The summed E-state index contributed by atoms with van der Waals surface area (Å²) in [7, 11) is 4.10. The van der Waals surface area contributed by atoms with Crippen LogP contribution in [0, 0.1) is 16.7 Å². The van der Waals surface area contributed by atoms with Gasteiger partial charge in [-0.05, 0) is 31.6 Å². The molecule has 0 saturated heterocycles. The van der Waals surface area contributed by atoms with Gasteiger partial charge in [-0.25, -0.2) is 4.98 Å². The molecule has 5 heteroatoms. The molecule has 0 radical (unpaired) electrons. The molecule has 0 aliphatic heterocycles. The molecule has 18 heavy (non-hydrogen) atoms. The van der Waals surface area contributed by atoms with Gasteiger partial charge >= 0.3 is 0 Å². The number of nitrogens with one attached hydrogen (secondary N) is 1. The van der Waals surface area contributed by atoms with E-state index in [1.807, 2.05) is 14.1 Å². The van der Waals surface area contributed by atoms with E-state index >= 15 is 0 Å². The molecular formula is C13H19ClN4. The first-order valence-electron chi connectivity index (χ1n) is 5.79. The van der Waals surface area contributed by atoms with Crippen LogP contribution in [0.2, 0.25) is 5.15 Å². The lowest BCUT2D eigenvalue weighted by molar-refractivity contribution is 0.254. The van der Waals surface area contributed by atoms with Crippen molar-refractivity contribution in [1.29, 1.82) is 5.26 Å². The topological polar surface area (TPSA) is 52.0 Å². The van der Waals surface area contributed by atoms with Crippen molar-refractivity contribution in [2.24, 2.45) is 5.41 Å². The van der Waals surface area contributed by atoms with Crippen LogP contribution < -0.4 is 5.32 Å². The van der Waals surface area contributed by atoms with E-state index in [0.29, 0.717) is 16.5 Å². The van der Waals surface area contributed by atoms with Gasteiger partial charge in [0, 0.05) is 13.1 Å². The third kappa shape index (κ3) is 4.91. The Labute approximate surface area is 114 Å². The van der Waals surface area contributed by atoms with Crippen LogP contribution in [0.3, 0.4) is 0 Å². The Balaban J connectivity index is 2.69. The second kappa shape index (κ2) is 6.03. The number of pyridine rings is 1. The standard InChI is InChI=1S/C13H19ClN4/c1-13(2,9-18(3)4)8-16-12-6-10(7-15)5-11(14)17-12/h5-6H,8-9H2,1-4H3,(H,16,17). The fourth-order valence-electron chi connectivity index (χ4n) is 1.89. The van der Waals surface area contributed by atoms with E-state index in [0.717, 1.165) is 13.1 Å². The van der Waals surface area contributed by atoms with Crippen LogP contribution in [-0.4, -0.2) is 37.1 Å². The summed E-state index contributed by atoms with van der Waals surface area (Å²) >= 11 is 5.85. The molecule has 0 bridgehead atoms. The number of aromatic nitrogens is 1. The van der Waals surface area contributed by atoms with Crippen molar-refractivity contribution >= 4 is 17.4 Å². The molecule has 0 aliphatic carbocycles. The smallest absolute Gasteiger partial charge is 0.132 e. The molecule has 0 fully saturated rings. The van der Waals surface area contributed by atoms with Gasteiger partial charge in [-0.1, -0.05) is 25.4 Å². The summed E-state index contributed by atoms with van der Waals surface area (Å²) in [6, 6.07) is 5.32. The van der Waals surface area contributed by atoms with Crippen molar-refractivity contribution in [3.05, 3.63) is 22.8 Å². The Kier molecular flexibility index (Phi) is 4.94. The fraction of sp³-hybridized carbons (Fsp3) is 0.538. The van der Waals surface area contributed by atoms with E-state index in [2.05, 4.69) is 35.1 Å². The van der Waals surface area contributed by atoms with E-state index in [1.54, 1.807) is 12.1 Å². The molecule has 1 heterocycles. The minimum atomic E-state index is 0.111. The van der Waals surface area contributed by atoms with Gasteiger partial charge in [-0.2, -0.15) is 5.26 Å². The van der Waals surface area contributed by atoms with E-state index < -0.39 is 0 Å². The molecule has 0 amide bonds. The van der Waals surface area contributed by atoms with Gasteiger partial charge in [0.05, 0.1) is 11.6 Å². The van der Waals surface area contributed by atoms with E-state index in [4.69, 9.17) is 16.9 Å². The monoisotopic (exact) mass is 266 g/mol. The van der Waals surface area contributed by atoms with Crippen LogP contribution in [0.15, 0.2) is 12.1 Å². The fourth-order valence-corrected chi connectivity index (χ4v) is 2.10. The highest BCUT2D eigenvalue weighted by Crippen LogP contribution is 2.19. The minimum absolute atomic E-state index is 0.111. The highest BCUT2D eigenvalue weighted by Gasteiger charge is 2.18. The summed E-state index contributed by atoms with van der Waals surface area (Å²) < 4.78 is 0. The number of hydrogen-bond donors (Lipinski definition) is 1. The maximum absolute atomic E-state index is 8.86. The zero-order valence-electron chi connectivity index (χ0n) is 11.3. The summed E-state index contributed by atoms with van der Waals surface area (Å²) in [6.07, 6.45) is 0. The average molecular weight is 267 g/mol. The second-order valence-corrected chi connectivity index (χ2v) is 5.82. The molecule has 0 spiro atoms. The summed E-state index contributed by atoms with van der Waals surface area (Å²) in [4.78, 5) is 6.30. The molecule has 1 aromatic rings. The van der Waals surface area contributed by atoms with E-state index in [9.17, 15) is 0 Å². The van der Waals surface area contributed by atoms with Gasteiger partial charge < -0.3 is 10.2 Å². The van der Waals surface area contributed by atoms with Crippen molar-refractivity contribution in [2.45, 2.75) is 13.8 Å². The molecule has 0 unspecified atom stereocenters. The molecular weight excluding hydrogens is 248 g/mol. The quantitative estimate of drug-likeness (QED) is 0.833. The number of nitrogens with zero attached hydrogens (tertiary/aromatic N) is 3. The average Bonchev–Trinajstić information content (AvgIpc) is 2.24. The van der Waals surface area contributed by atoms with E-state index in [-0.39, 0.29) is 5.41 Å². The Hall–Kier alpha value is -1.31.